The minimum atomic E-state index is -4.44. The number of fused-ring (bicyclic) bond motifs is 1. The fourth-order valence-corrected chi connectivity index (χ4v) is 2.80. The topological polar surface area (TPSA) is 20.3 Å². The highest BCUT2D eigenvalue weighted by molar-refractivity contribution is 5.98. The van der Waals surface area contributed by atoms with Gasteiger partial charge < -0.3 is 4.90 Å². The van der Waals surface area contributed by atoms with E-state index in [9.17, 15) is 18.0 Å². The third-order valence-corrected chi connectivity index (χ3v) is 4.07. The third-order valence-electron chi connectivity index (χ3n) is 4.07. The van der Waals surface area contributed by atoms with E-state index in [0.29, 0.717) is 5.56 Å². The van der Waals surface area contributed by atoms with E-state index < -0.39 is 11.7 Å². The first kappa shape index (κ1) is 17.0. The molecule has 3 aromatic rings. The van der Waals surface area contributed by atoms with Crippen molar-refractivity contribution in [1.29, 1.82) is 0 Å². The van der Waals surface area contributed by atoms with Crippen LogP contribution in [0.5, 0.6) is 0 Å². The Hall–Kier alpha value is -2.82. The molecule has 1 amide bonds. The van der Waals surface area contributed by atoms with Crippen LogP contribution in [0.3, 0.4) is 0 Å². The first-order chi connectivity index (χ1) is 11.9. The Labute approximate surface area is 143 Å². The number of benzene rings is 3. The van der Waals surface area contributed by atoms with Gasteiger partial charge in [-0.25, -0.2) is 0 Å². The second kappa shape index (κ2) is 6.59. The van der Waals surface area contributed by atoms with Crippen molar-refractivity contribution in [2.24, 2.45) is 0 Å². The van der Waals surface area contributed by atoms with Gasteiger partial charge in [-0.15, -0.1) is 0 Å². The van der Waals surface area contributed by atoms with E-state index >= 15 is 0 Å². The molecule has 0 unspecified atom stereocenters. The largest absolute Gasteiger partial charge is 0.416 e. The molecule has 0 N–H and O–H groups in total. The molecule has 0 bridgehead atoms. The summed E-state index contributed by atoms with van der Waals surface area (Å²) < 4.78 is 39.3. The zero-order chi connectivity index (χ0) is 18.0. The average Bonchev–Trinajstić information content (AvgIpc) is 2.60. The Morgan fingerprint density at radius 3 is 2.28 bits per heavy atom. The number of alkyl halides is 3. The monoisotopic (exact) mass is 343 g/mol. The number of rotatable bonds is 3. The molecule has 0 saturated heterocycles. The Kier molecular flexibility index (Phi) is 4.49. The van der Waals surface area contributed by atoms with Gasteiger partial charge in [0.1, 0.15) is 0 Å². The maximum Gasteiger partial charge on any atom is 0.416 e. The van der Waals surface area contributed by atoms with Gasteiger partial charge in [-0.1, -0.05) is 48.5 Å². The minimum absolute atomic E-state index is 0.0756. The molecular weight excluding hydrogens is 327 g/mol. The van der Waals surface area contributed by atoms with E-state index in [1.54, 1.807) is 18.2 Å². The number of hydrogen-bond acceptors (Lipinski definition) is 1. The Bertz CT molecular complexity index is 918. The van der Waals surface area contributed by atoms with Crippen LogP contribution in [0.4, 0.5) is 13.2 Å². The molecule has 25 heavy (non-hydrogen) atoms. The Balaban J connectivity index is 1.85. The van der Waals surface area contributed by atoms with Crippen LogP contribution in [-0.2, 0) is 12.7 Å². The Morgan fingerprint density at radius 1 is 0.920 bits per heavy atom. The maximum atomic E-state index is 13.1. The van der Waals surface area contributed by atoms with Crippen LogP contribution in [0.25, 0.3) is 10.8 Å². The smallest absolute Gasteiger partial charge is 0.337 e. The molecule has 3 aromatic carbocycles. The second-order valence-corrected chi connectivity index (χ2v) is 5.88. The summed E-state index contributed by atoms with van der Waals surface area (Å²) >= 11 is 0. The Morgan fingerprint density at radius 2 is 1.56 bits per heavy atom. The van der Waals surface area contributed by atoms with Crippen molar-refractivity contribution in [2.45, 2.75) is 12.7 Å². The zero-order valence-corrected chi connectivity index (χ0v) is 13.5. The SMILES string of the molecule is CN(Cc1ccccc1C(F)(F)F)C(=O)c1ccc2ccccc2c1. The van der Waals surface area contributed by atoms with Gasteiger partial charge in [0.15, 0.2) is 0 Å². The van der Waals surface area contributed by atoms with Crippen LogP contribution < -0.4 is 0 Å². The summed E-state index contributed by atoms with van der Waals surface area (Å²) in [5, 5.41) is 1.92. The summed E-state index contributed by atoms with van der Waals surface area (Å²) in [6.45, 7) is -0.110. The number of halogens is 3. The lowest BCUT2D eigenvalue weighted by molar-refractivity contribution is -0.138. The van der Waals surface area contributed by atoms with Gasteiger partial charge in [-0.2, -0.15) is 13.2 Å². The van der Waals surface area contributed by atoms with Crippen molar-refractivity contribution in [3.8, 4) is 0 Å². The van der Waals surface area contributed by atoms with Crippen LogP contribution in [0.1, 0.15) is 21.5 Å². The lowest BCUT2D eigenvalue weighted by Gasteiger charge is -2.20. The molecule has 3 rings (SSSR count). The molecule has 0 fully saturated rings. The van der Waals surface area contributed by atoms with E-state index in [0.717, 1.165) is 16.8 Å². The maximum absolute atomic E-state index is 13.1. The van der Waals surface area contributed by atoms with Crippen molar-refractivity contribution in [2.75, 3.05) is 7.05 Å². The van der Waals surface area contributed by atoms with Gasteiger partial charge >= 0.3 is 6.18 Å². The van der Waals surface area contributed by atoms with Crippen LogP contribution in [0.15, 0.2) is 66.7 Å². The fourth-order valence-electron chi connectivity index (χ4n) is 2.80. The van der Waals surface area contributed by atoms with Crippen molar-refractivity contribution in [3.05, 3.63) is 83.4 Å². The number of carbonyl (C=O) groups excluding carboxylic acids is 1. The molecule has 0 atom stereocenters. The van der Waals surface area contributed by atoms with Gasteiger partial charge in [0.2, 0.25) is 0 Å². The molecule has 2 nitrogen and oxygen atoms in total. The van der Waals surface area contributed by atoms with E-state index in [-0.39, 0.29) is 18.0 Å². The molecule has 0 aliphatic rings. The molecule has 0 heterocycles. The molecule has 0 saturated carbocycles. The summed E-state index contributed by atoms with van der Waals surface area (Å²) in [4.78, 5) is 13.9. The van der Waals surface area contributed by atoms with Crippen molar-refractivity contribution >= 4 is 16.7 Å². The van der Waals surface area contributed by atoms with Crippen molar-refractivity contribution in [3.63, 3.8) is 0 Å². The average molecular weight is 343 g/mol. The summed E-state index contributed by atoms with van der Waals surface area (Å²) in [5.41, 5.74) is -0.189. The predicted molar refractivity (Wildman–Crippen MR) is 91.2 cm³/mol. The molecule has 0 aromatic heterocycles. The van der Waals surface area contributed by atoms with Gasteiger partial charge in [-0.3, -0.25) is 4.79 Å². The van der Waals surface area contributed by atoms with Crippen molar-refractivity contribution in [1.82, 2.24) is 4.90 Å². The van der Waals surface area contributed by atoms with E-state index in [4.69, 9.17) is 0 Å². The van der Waals surface area contributed by atoms with Gasteiger partial charge in [-0.05, 0) is 34.5 Å². The highest BCUT2D eigenvalue weighted by atomic mass is 19.4. The number of nitrogens with zero attached hydrogens (tertiary/aromatic N) is 1. The van der Waals surface area contributed by atoms with Crippen molar-refractivity contribution < 1.29 is 18.0 Å². The molecular formula is C20H16F3NO. The van der Waals surface area contributed by atoms with Crippen LogP contribution in [-0.4, -0.2) is 17.9 Å². The third kappa shape index (κ3) is 3.65. The lowest BCUT2D eigenvalue weighted by Crippen LogP contribution is -2.27. The summed E-state index contributed by atoms with van der Waals surface area (Å²) in [5.74, 6) is -0.317. The summed E-state index contributed by atoms with van der Waals surface area (Å²) in [6.07, 6.45) is -4.44. The zero-order valence-electron chi connectivity index (χ0n) is 13.5. The highest BCUT2D eigenvalue weighted by Gasteiger charge is 2.33. The standard InChI is InChI=1S/C20H16F3NO/c1-24(13-17-8-4-5-9-18(17)20(21,22)23)19(25)16-11-10-14-6-2-3-7-15(14)12-16/h2-12H,13H2,1H3. The van der Waals surface area contributed by atoms with Crippen LogP contribution >= 0.6 is 0 Å². The highest BCUT2D eigenvalue weighted by Crippen LogP contribution is 2.32. The van der Waals surface area contributed by atoms with E-state index in [1.165, 1.54) is 24.1 Å². The molecule has 0 aliphatic carbocycles. The van der Waals surface area contributed by atoms with E-state index in [2.05, 4.69) is 0 Å². The number of amides is 1. The lowest BCUT2D eigenvalue weighted by atomic mass is 10.0. The van der Waals surface area contributed by atoms with Crippen LogP contribution in [0, 0.1) is 0 Å². The first-order valence-corrected chi connectivity index (χ1v) is 7.75. The predicted octanol–water partition coefficient (Wildman–Crippen LogP) is 5.13. The van der Waals surface area contributed by atoms with Gasteiger partial charge in [0.25, 0.3) is 5.91 Å². The first-order valence-electron chi connectivity index (χ1n) is 7.75. The minimum Gasteiger partial charge on any atom is -0.337 e. The second-order valence-electron chi connectivity index (χ2n) is 5.88. The normalized spacial score (nSPS) is 11.5. The number of hydrogen-bond donors (Lipinski definition) is 0. The molecule has 5 heteroatoms. The quantitative estimate of drug-likeness (QED) is 0.645. The van der Waals surface area contributed by atoms with Crippen LogP contribution in [0.2, 0.25) is 0 Å². The van der Waals surface area contributed by atoms with Gasteiger partial charge in [0, 0.05) is 19.2 Å². The number of carbonyl (C=O) groups is 1. The van der Waals surface area contributed by atoms with E-state index in [1.807, 2.05) is 30.3 Å². The van der Waals surface area contributed by atoms with Gasteiger partial charge in [0.05, 0.1) is 5.56 Å². The molecule has 0 aliphatic heterocycles. The molecule has 0 spiro atoms. The fraction of sp³-hybridized carbons (Fsp3) is 0.150. The summed E-state index contributed by atoms with van der Waals surface area (Å²) in [7, 11) is 1.50. The summed E-state index contributed by atoms with van der Waals surface area (Å²) in [6, 6.07) is 18.2. The molecule has 0 radical (unpaired) electrons. The molecule has 128 valence electrons.